The van der Waals surface area contributed by atoms with E-state index < -0.39 is 6.61 Å². The lowest BCUT2D eigenvalue weighted by Gasteiger charge is -2.10. The van der Waals surface area contributed by atoms with Crippen LogP contribution >= 0.6 is 0 Å². The van der Waals surface area contributed by atoms with Crippen LogP contribution < -0.4 is 10.1 Å². The van der Waals surface area contributed by atoms with Crippen LogP contribution in [0.4, 0.5) is 8.78 Å². The molecule has 0 aliphatic heterocycles. The average Bonchev–Trinajstić information content (AvgIpc) is 3.02. The number of nitrogens with zero attached hydrogens (tertiary/aromatic N) is 3. The molecule has 8 heteroatoms. The van der Waals surface area contributed by atoms with Gasteiger partial charge in [0.2, 0.25) is 0 Å². The van der Waals surface area contributed by atoms with Crippen LogP contribution in [0.2, 0.25) is 0 Å². The summed E-state index contributed by atoms with van der Waals surface area (Å²) >= 11 is 0. The summed E-state index contributed by atoms with van der Waals surface area (Å²) in [6.07, 6.45) is 1.69. The Labute approximate surface area is 155 Å². The standard InChI is InChI=1S/C19H20F2N4O2/c1-11(2)25-17-14(10-23-25)8-16(12(3)24-17)18(26)22-9-13-4-6-15(7-5-13)27-19(20)21/h4-8,10-11,19H,9H2,1-3H3,(H,22,26). The van der Waals surface area contributed by atoms with Crippen LogP contribution in [-0.2, 0) is 6.54 Å². The van der Waals surface area contributed by atoms with Gasteiger partial charge in [-0.3, -0.25) is 4.79 Å². The fourth-order valence-electron chi connectivity index (χ4n) is 2.74. The maximum atomic E-state index is 12.5. The third-order valence-corrected chi connectivity index (χ3v) is 4.10. The number of alkyl halides is 2. The first-order valence-electron chi connectivity index (χ1n) is 8.52. The highest BCUT2D eigenvalue weighted by Gasteiger charge is 2.15. The number of hydrogen-bond donors (Lipinski definition) is 1. The summed E-state index contributed by atoms with van der Waals surface area (Å²) in [5.41, 5.74) is 2.60. The molecule has 0 saturated heterocycles. The third kappa shape index (κ3) is 4.21. The molecule has 2 heterocycles. The van der Waals surface area contributed by atoms with Crippen LogP contribution in [0, 0.1) is 6.92 Å². The van der Waals surface area contributed by atoms with Gasteiger partial charge in [-0.15, -0.1) is 0 Å². The van der Waals surface area contributed by atoms with Gasteiger partial charge in [-0.2, -0.15) is 13.9 Å². The van der Waals surface area contributed by atoms with Crippen molar-refractivity contribution in [3.8, 4) is 5.75 Å². The molecule has 1 amide bonds. The number of fused-ring (bicyclic) bond motifs is 1. The van der Waals surface area contributed by atoms with Crippen LogP contribution in [0.25, 0.3) is 11.0 Å². The molecule has 3 rings (SSSR count). The first-order valence-corrected chi connectivity index (χ1v) is 8.52. The summed E-state index contributed by atoms with van der Waals surface area (Å²) in [7, 11) is 0. The Bertz CT molecular complexity index is 952. The van der Waals surface area contributed by atoms with E-state index in [-0.39, 0.29) is 24.2 Å². The highest BCUT2D eigenvalue weighted by Crippen LogP contribution is 2.19. The van der Waals surface area contributed by atoms with E-state index in [1.54, 1.807) is 31.3 Å². The molecular weight excluding hydrogens is 354 g/mol. The number of benzene rings is 1. The molecule has 0 aliphatic rings. The molecule has 2 aromatic heterocycles. The molecule has 0 aliphatic carbocycles. The molecule has 142 valence electrons. The lowest BCUT2D eigenvalue weighted by molar-refractivity contribution is -0.0498. The molecule has 0 bridgehead atoms. The average molecular weight is 374 g/mol. The maximum absolute atomic E-state index is 12.5. The normalized spacial score (nSPS) is 11.4. The molecule has 0 saturated carbocycles. The first kappa shape index (κ1) is 18.8. The first-order chi connectivity index (χ1) is 12.8. The van der Waals surface area contributed by atoms with E-state index in [0.29, 0.717) is 11.3 Å². The van der Waals surface area contributed by atoms with Crippen molar-refractivity contribution in [2.75, 3.05) is 0 Å². The number of aryl methyl sites for hydroxylation is 1. The molecule has 0 atom stereocenters. The second-order valence-corrected chi connectivity index (χ2v) is 6.42. The summed E-state index contributed by atoms with van der Waals surface area (Å²) in [4.78, 5) is 17.1. The van der Waals surface area contributed by atoms with Crippen molar-refractivity contribution in [3.05, 3.63) is 53.3 Å². The Hall–Kier alpha value is -3.03. The number of pyridine rings is 1. The van der Waals surface area contributed by atoms with Crippen molar-refractivity contribution < 1.29 is 18.3 Å². The lowest BCUT2D eigenvalue weighted by atomic mass is 10.1. The largest absolute Gasteiger partial charge is 0.435 e. The van der Waals surface area contributed by atoms with Gasteiger partial charge in [-0.1, -0.05) is 12.1 Å². The molecule has 6 nitrogen and oxygen atoms in total. The molecule has 1 aromatic carbocycles. The third-order valence-electron chi connectivity index (χ3n) is 4.10. The van der Waals surface area contributed by atoms with Crippen LogP contribution in [-0.4, -0.2) is 27.3 Å². The number of ether oxygens (including phenoxy) is 1. The van der Waals surface area contributed by atoms with Crippen LogP contribution in [0.5, 0.6) is 5.75 Å². The van der Waals surface area contributed by atoms with Crippen LogP contribution in [0.15, 0.2) is 36.5 Å². The van der Waals surface area contributed by atoms with Crippen molar-refractivity contribution >= 4 is 16.9 Å². The zero-order chi connectivity index (χ0) is 19.6. The molecule has 0 spiro atoms. The molecular formula is C19H20F2N4O2. The molecule has 1 N–H and O–H groups in total. The van der Waals surface area contributed by atoms with E-state index >= 15 is 0 Å². The monoisotopic (exact) mass is 374 g/mol. The topological polar surface area (TPSA) is 69.0 Å². The lowest BCUT2D eigenvalue weighted by Crippen LogP contribution is -2.24. The number of carbonyl (C=O) groups is 1. The van der Waals surface area contributed by atoms with Crippen molar-refractivity contribution in [2.24, 2.45) is 0 Å². The highest BCUT2D eigenvalue weighted by molar-refractivity contribution is 5.98. The number of nitrogens with one attached hydrogen (secondary N) is 1. The van der Waals surface area contributed by atoms with Crippen LogP contribution in [0.1, 0.15) is 41.5 Å². The minimum atomic E-state index is -2.86. The summed E-state index contributed by atoms with van der Waals surface area (Å²) < 4.78 is 30.4. The Morgan fingerprint density at radius 3 is 2.59 bits per heavy atom. The Kier molecular flexibility index (Phi) is 5.34. The molecule has 0 radical (unpaired) electrons. The van der Waals surface area contributed by atoms with Crippen molar-refractivity contribution in [2.45, 2.75) is 40.0 Å². The quantitative estimate of drug-likeness (QED) is 0.712. The van der Waals surface area contributed by atoms with Crippen LogP contribution in [0.3, 0.4) is 0 Å². The highest BCUT2D eigenvalue weighted by atomic mass is 19.3. The van der Waals surface area contributed by atoms with Gasteiger partial charge < -0.3 is 10.1 Å². The predicted molar refractivity (Wildman–Crippen MR) is 96.9 cm³/mol. The summed E-state index contributed by atoms with van der Waals surface area (Å²) in [6, 6.07) is 8.07. The van der Waals surface area contributed by atoms with E-state index in [1.807, 2.05) is 18.5 Å². The summed E-state index contributed by atoms with van der Waals surface area (Å²) in [5.74, 6) is -0.181. The van der Waals surface area contributed by atoms with E-state index in [0.717, 1.165) is 16.6 Å². The van der Waals surface area contributed by atoms with Crippen molar-refractivity contribution in [3.63, 3.8) is 0 Å². The minimum absolute atomic E-state index is 0.0766. The fourth-order valence-corrected chi connectivity index (χ4v) is 2.74. The van der Waals surface area contributed by atoms with Gasteiger partial charge in [-0.25, -0.2) is 9.67 Å². The van der Waals surface area contributed by atoms with Gasteiger partial charge in [-0.05, 0) is 44.5 Å². The fraction of sp³-hybridized carbons (Fsp3) is 0.316. The number of hydrogen-bond acceptors (Lipinski definition) is 4. The number of aromatic nitrogens is 3. The molecule has 3 aromatic rings. The smallest absolute Gasteiger partial charge is 0.387 e. The van der Waals surface area contributed by atoms with Gasteiger partial charge in [0.1, 0.15) is 5.75 Å². The van der Waals surface area contributed by atoms with Gasteiger partial charge >= 0.3 is 6.61 Å². The SMILES string of the molecule is Cc1nc2c(cnn2C(C)C)cc1C(=O)NCc1ccc(OC(F)F)cc1. The second-order valence-electron chi connectivity index (χ2n) is 6.42. The number of halogens is 2. The zero-order valence-electron chi connectivity index (χ0n) is 15.2. The number of rotatable bonds is 6. The van der Waals surface area contributed by atoms with E-state index in [1.165, 1.54) is 12.1 Å². The number of carbonyl (C=O) groups excluding carboxylic acids is 1. The summed E-state index contributed by atoms with van der Waals surface area (Å²) in [6.45, 7) is 3.21. The number of amides is 1. The van der Waals surface area contributed by atoms with E-state index in [9.17, 15) is 13.6 Å². The van der Waals surface area contributed by atoms with Gasteiger partial charge in [0.15, 0.2) is 5.65 Å². The van der Waals surface area contributed by atoms with Crippen molar-refractivity contribution in [1.29, 1.82) is 0 Å². The zero-order valence-corrected chi connectivity index (χ0v) is 15.2. The Morgan fingerprint density at radius 1 is 1.26 bits per heavy atom. The molecule has 0 fully saturated rings. The molecule has 0 unspecified atom stereocenters. The van der Waals surface area contributed by atoms with E-state index in [4.69, 9.17) is 0 Å². The van der Waals surface area contributed by atoms with Gasteiger partial charge in [0.05, 0.1) is 17.5 Å². The minimum Gasteiger partial charge on any atom is -0.435 e. The predicted octanol–water partition coefficient (Wildman–Crippen LogP) is 3.85. The maximum Gasteiger partial charge on any atom is 0.387 e. The van der Waals surface area contributed by atoms with E-state index in [2.05, 4.69) is 20.1 Å². The Morgan fingerprint density at radius 2 is 1.96 bits per heavy atom. The summed E-state index contributed by atoms with van der Waals surface area (Å²) in [5, 5.41) is 7.93. The molecule has 27 heavy (non-hydrogen) atoms. The second kappa shape index (κ2) is 7.69. The van der Waals surface area contributed by atoms with Gasteiger partial charge in [0.25, 0.3) is 5.91 Å². The van der Waals surface area contributed by atoms with Gasteiger partial charge in [0, 0.05) is 18.0 Å². The van der Waals surface area contributed by atoms with Crippen molar-refractivity contribution in [1.82, 2.24) is 20.1 Å². The Balaban J connectivity index is 1.71.